The molecule has 0 radical (unpaired) electrons. The van der Waals surface area contributed by atoms with Crippen LogP contribution in [0.4, 0.5) is 0 Å². The van der Waals surface area contributed by atoms with Gasteiger partial charge in [0, 0.05) is 6.61 Å². The van der Waals surface area contributed by atoms with Crippen LogP contribution in [0.1, 0.15) is 138 Å². The van der Waals surface area contributed by atoms with E-state index in [9.17, 15) is 0 Å². The van der Waals surface area contributed by atoms with Gasteiger partial charge in [0.05, 0.1) is 11.2 Å². The van der Waals surface area contributed by atoms with Crippen LogP contribution in [0.5, 0.6) is 0 Å². The highest BCUT2D eigenvalue weighted by molar-refractivity contribution is 4.68. The molecule has 26 heavy (non-hydrogen) atoms. The van der Waals surface area contributed by atoms with Crippen LogP contribution in [-0.4, -0.2) is 22.9 Å². The van der Waals surface area contributed by atoms with E-state index in [1.807, 2.05) is 0 Å². The first-order chi connectivity index (χ1) is 12.1. The molecule has 0 saturated heterocycles. The molecule has 2 nitrogen and oxygen atoms in total. The Morgan fingerprint density at radius 3 is 0.962 bits per heavy atom. The molecule has 160 valence electrons. The number of rotatable bonds is 14. The highest BCUT2D eigenvalue weighted by Crippen LogP contribution is 2.18. The van der Waals surface area contributed by atoms with E-state index in [0.717, 1.165) is 6.42 Å². The molecule has 0 spiro atoms. The number of ether oxygens (including phenoxy) is 1. The van der Waals surface area contributed by atoms with E-state index in [1.165, 1.54) is 83.5 Å². The third kappa shape index (κ3) is 31.7. The van der Waals surface area contributed by atoms with Crippen LogP contribution in [0.15, 0.2) is 0 Å². The Hall–Kier alpha value is -0.0800. The van der Waals surface area contributed by atoms with E-state index in [-0.39, 0.29) is 11.2 Å². The predicted octanol–water partition coefficient (Wildman–Crippen LogP) is 8.06. The average Bonchev–Trinajstić information content (AvgIpc) is 2.49. The largest absolute Gasteiger partial charge is 0.396 e. The highest BCUT2D eigenvalue weighted by Gasteiger charge is 2.19. The topological polar surface area (TPSA) is 29.5 Å². The molecular weight excluding hydrogens is 320 g/mol. The van der Waals surface area contributed by atoms with E-state index >= 15 is 0 Å². The monoisotopic (exact) mass is 372 g/mol. The standard InChI is InChI=1S/C16H34O.C8H18O/c1-2-3-4-5-6-7-8-9-10-11-12-13-14-15-16-17;1-7(2,3)9-8(4,5)6/h17H,2-16H2,1H3;1-6H3. The van der Waals surface area contributed by atoms with Crippen molar-refractivity contribution in [3.05, 3.63) is 0 Å². The van der Waals surface area contributed by atoms with Gasteiger partial charge in [-0.05, 0) is 48.0 Å². The number of unbranched alkanes of at least 4 members (excludes halogenated alkanes) is 13. The summed E-state index contributed by atoms with van der Waals surface area (Å²) in [7, 11) is 0. The van der Waals surface area contributed by atoms with Crippen LogP contribution < -0.4 is 0 Å². The van der Waals surface area contributed by atoms with Crippen LogP contribution in [0.2, 0.25) is 0 Å². The number of hydrogen-bond acceptors (Lipinski definition) is 2. The summed E-state index contributed by atoms with van der Waals surface area (Å²) in [5.74, 6) is 0. The molecule has 0 fully saturated rings. The number of aliphatic hydroxyl groups is 1. The summed E-state index contributed by atoms with van der Waals surface area (Å²) in [5.41, 5.74) is -0.0312. The molecule has 1 N–H and O–H groups in total. The van der Waals surface area contributed by atoms with Crippen molar-refractivity contribution < 1.29 is 9.84 Å². The van der Waals surface area contributed by atoms with Crippen LogP contribution in [-0.2, 0) is 4.74 Å². The highest BCUT2D eigenvalue weighted by atomic mass is 16.5. The zero-order valence-electron chi connectivity index (χ0n) is 19.5. The minimum absolute atomic E-state index is 0.0156. The van der Waals surface area contributed by atoms with Crippen molar-refractivity contribution in [2.75, 3.05) is 6.61 Å². The molecular formula is C24H52O2. The van der Waals surface area contributed by atoms with E-state index in [4.69, 9.17) is 9.84 Å². The molecule has 2 heteroatoms. The Kier molecular flexibility index (Phi) is 19.8. The molecule has 0 unspecified atom stereocenters. The summed E-state index contributed by atoms with van der Waals surface area (Å²) in [4.78, 5) is 0. The molecule has 0 saturated carbocycles. The lowest BCUT2D eigenvalue weighted by Gasteiger charge is -2.30. The van der Waals surface area contributed by atoms with E-state index < -0.39 is 0 Å². The Bertz CT molecular complexity index is 234. The van der Waals surface area contributed by atoms with Gasteiger partial charge < -0.3 is 9.84 Å². The lowest BCUT2D eigenvalue weighted by molar-refractivity contribution is -0.102. The van der Waals surface area contributed by atoms with Crippen LogP contribution in [0.3, 0.4) is 0 Å². The summed E-state index contributed by atoms with van der Waals surface area (Å²) < 4.78 is 5.62. The Morgan fingerprint density at radius 1 is 0.500 bits per heavy atom. The van der Waals surface area contributed by atoms with Gasteiger partial charge in [0.15, 0.2) is 0 Å². The van der Waals surface area contributed by atoms with Crippen molar-refractivity contribution in [3.63, 3.8) is 0 Å². The quantitative estimate of drug-likeness (QED) is 0.312. The maximum absolute atomic E-state index is 8.64. The lowest BCUT2D eigenvalue weighted by Crippen LogP contribution is -2.31. The average molecular weight is 373 g/mol. The van der Waals surface area contributed by atoms with Gasteiger partial charge in [-0.25, -0.2) is 0 Å². The van der Waals surface area contributed by atoms with Gasteiger partial charge >= 0.3 is 0 Å². The Labute approximate surface area is 166 Å². The first-order valence-corrected chi connectivity index (χ1v) is 11.4. The van der Waals surface area contributed by atoms with Crippen molar-refractivity contribution in [2.45, 2.75) is 150 Å². The fraction of sp³-hybridized carbons (Fsp3) is 1.00. The van der Waals surface area contributed by atoms with Gasteiger partial charge in [-0.15, -0.1) is 0 Å². The van der Waals surface area contributed by atoms with Gasteiger partial charge in [-0.3, -0.25) is 0 Å². The van der Waals surface area contributed by atoms with Gasteiger partial charge in [-0.1, -0.05) is 90.4 Å². The smallest absolute Gasteiger partial charge is 0.0605 e. The molecule has 0 amide bonds. The second-order valence-electron chi connectivity index (χ2n) is 9.65. The molecule has 0 bridgehead atoms. The van der Waals surface area contributed by atoms with Crippen molar-refractivity contribution in [3.8, 4) is 0 Å². The van der Waals surface area contributed by atoms with Crippen molar-refractivity contribution in [1.29, 1.82) is 0 Å². The Morgan fingerprint density at radius 2 is 0.769 bits per heavy atom. The van der Waals surface area contributed by atoms with Crippen molar-refractivity contribution in [2.24, 2.45) is 0 Å². The Balaban J connectivity index is 0. The minimum atomic E-state index is -0.0156. The van der Waals surface area contributed by atoms with Crippen LogP contribution in [0.25, 0.3) is 0 Å². The second-order valence-corrected chi connectivity index (χ2v) is 9.65. The van der Waals surface area contributed by atoms with Crippen LogP contribution in [0, 0.1) is 0 Å². The molecule has 0 aliphatic heterocycles. The molecule has 0 heterocycles. The summed E-state index contributed by atoms with van der Waals surface area (Å²) >= 11 is 0. The molecule has 0 rings (SSSR count). The van der Waals surface area contributed by atoms with Crippen molar-refractivity contribution in [1.82, 2.24) is 0 Å². The van der Waals surface area contributed by atoms with E-state index in [1.54, 1.807) is 0 Å². The fourth-order valence-electron chi connectivity index (χ4n) is 3.22. The molecule has 0 aromatic rings. The minimum Gasteiger partial charge on any atom is -0.396 e. The second kappa shape index (κ2) is 18.3. The van der Waals surface area contributed by atoms with Gasteiger partial charge in [-0.2, -0.15) is 0 Å². The maximum Gasteiger partial charge on any atom is 0.0605 e. The normalized spacial score (nSPS) is 12.0. The van der Waals surface area contributed by atoms with Crippen LogP contribution >= 0.6 is 0 Å². The van der Waals surface area contributed by atoms with Gasteiger partial charge in [0.1, 0.15) is 0 Å². The first-order valence-electron chi connectivity index (χ1n) is 11.4. The maximum atomic E-state index is 8.64. The zero-order valence-corrected chi connectivity index (χ0v) is 19.5. The molecule has 0 atom stereocenters. The summed E-state index contributed by atoms with van der Waals surface area (Å²) in [6.07, 6.45) is 19.2. The summed E-state index contributed by atoms with van der Waals surface area (Å²) in [6, 6.07) is 0. The van der Waals surface area contributed by atoms with Crippen molar-refractivity contribution >= 4 is 0 Å². The number of aliphatic hydroxyl groups excluding tert-OH is 1. The summed E-state index contributed by atoms with van der Waals surface area (Å²) in [6.45, 7) is 15.1. The lowest BCUT2D eigenvalue weighted by atomic mass is 10.0. The van der Waals surface area contributed by atoms with Gasteiger partial charge in [0.2, 0.25) is 0 Å². The zero-order chi connectivity index (χ0) is 20.3. The SMILES string of the molecule is CC(C)(C)OC(C)(C)C.CCCCCCCCCCCCCCCCO. The molecule has 0 aromatic heterocycles. The predicted molar refractivity (Wildman–Crippen MR) is 118 cm³/mol. The first kappa shape index (κ1) is 28.1. The van der Waals surface area contributed by atoms with E-state index in [0.29, 0.717) is 6.61 Å². The third-order valence-corrected chi connectivity index (χ3v) is 4.12. The number of hydrogen-bond donors (Lipinski definition) is 1. The summed E-state index contributed by atoms with van der Waals surface area (Å²) in [5, 5.41) is 8.64. The van der Waals surface area contributed by atoms with E-state index in [2.05, 4.69) is 48.5 Å². The fourth-order valence-corrected chi connectivity index (χ4v) is 3.22. The third-order valence-electron chi connectivity index (χ3n) is 4.12. The molecule has 0 aliphatic carbocycles. The molecule has 0 aliphatic rings. The van der Waals surface area contributed by atoms with Gasteiger partial charge in [0.25, 0.3) is 0 Å². The molecule has 0 aromatic carbocycles.